The number of hydrogen-bond donors (Lipinski definition) is 1. The van der Waals surface area contributed by atoms with E-state index in [1.54, 1.807) is 6.92 Å². The molecule has 31 heavy (non-hydrogen) atoms. The molecule has 1 N–H and O–H groups in total. The molecule has 1 atom stereocenters. The zero-order valence-electron chi connectivity index (χ0n) is 19.1. The monoisotopic (exact) mass is 418 g/mol. The maximum Gasteiger partial charge on any atom is 0.339 e. The van der Waals surface area contributed by atoms with E-state index >= 15 is 0 Å². The number of rotatable bonds is 6. The summed E-state index contributed by atoms with van der Waals surface area (Å²) in [4.78, 5) is 30.7. The van der Waals surface area contributed by atoms with E-state index in [4.69, 9.17) is 4.74 Å². The molecule has 3 aromatic rings. The second-order valence-corrected chi connectivity index (χ2v) is 8.16. The van der Waals surface area contributed by atoms with Crippen LogP contribution in [0.25, 0.3) is 10.9 Å². The third kappa shape index (κ3) is 4.61. The Bertz CT molecular complexity index is 1130. The molecular formula is C26H30N2O3. The first-order valence-electron chi connectivity index (χ1n) is 10.7. The van der Waals surface area contributed by atoms with Gasteiger partial charge in [-0.3, -0.25) is 9.78 Å². The zero-order chi connectivity index (χ0) is 22.7. The number of carbonyl (C=O) groups excluding carboxylic acids is 2. The average molecular weight is 419 g/mol. The summed E-state index contributed by atoms with van der Waals surface area (Å²) in [6.07, 6.45) is -0.235. The fraction of sp³-hybridized carbons (Fsp3) is 0.346. The Morgan fingerprint density at radius 2 is 1.74 bits per heavy atom. The topological polar surface area (TPSA) is 68.3 Å². The van der Waals surface area contributed by atoms with Gasteiger partial charge in [-0.25, -0.2) is 4.79 Å². The number of ether oxygens (including phenoxy) is 1. The number of para-hydroxylation sites is 2. The van der Waals surface area contributed by atoms with Gasteiger partial charge in [0, 0.05) is 16.8 Å². The molecule has 5 heteroatoms. The number of pyridine rings is 1. The lowest BCUT2D eigenvalue weighted by atomic mass is 9.98. The highest BCUT2D eigenvalue weighted by Crippen LogP contribution is 2.28. The third-order valence-electron chi connectivity index (χ3n) is 5.60. The Kier molecular flexibility index (Phi) is 6.74. The van der Waals surface area contributed by atoms with E-state index in [0.717, 1.165) is 39.0 Å². The lowest BCUT2D eigenvalue weighted by Gasteiger charge is -2.20. The Morgan fingerprint density at radius 3 is 2.42 bits per heavy atom. The lowest BCUT2D eigenvalue weighted by molar-refractivity contribution is -0.123. The molecule has 3 rings (SSSR count). The van der Waals surface area contributed by atoms with Crippen molar-refractivity contribution in [1.29, 1.82) is 0 Å². The van der Waals surface area contributed by atoms with Gasteiger partial charge in [-0.1, -0.05) is 57.2 Å². The molecule has 0 spiro atoms. The van der Waals surface area contributed by atoms with E-state index in [1.165, 1.54) is 0 Å². The van der Waals surface area contributed by atoms with E-state index in [2.05, 4.69) is 24.1 Å². The van der Waals surface area contributed by atoms with Gasteiger partial charge in [0.05, 0.1) is 11.1 Å². The van der Waals surface area contributed by atoms with E-state index < -0.39 is 12.1 Å². The number of nitrogens with one attached hydrogen (secondary N) is 1. The van der Waals surface area contributed by atoms with Crippen LogP contribution in [0.15, 0.2) is 42.5 Å². The van der Waals surface area contributed by atoms with Crippen molar-refractivity contribution in [1.82, 2.24) is 4.98 Å². The Balaban J connectivity index is 1.87. The van der Waals surface area contributed by atoms with Gasteiger partial charge < -0.3 is 10.1 Å². The van der Waals surface area contributed by atoms with Gasteiger partial charge in [-0.2, -0.15) is 0 Å². The molecule has 0 saturated heterocycles. The Hall–Kier alpha value is -3.21. The number of esters is 1. The highest BCUT2D eigenvalue weighted by molar-refractivity contribution is 6.06. The van der Waals surface area contributed by atoms with Crippen LogP contribution in [0.1, 0.15) is 66.4 Å². The fourth-order valence-electron chi connectivity index (χ4n) is 3.81. The summed E-state index contributed by atoms with van der Waals surface area (Å²) in [6.45, 7) is 11.6. The number of aryl methyl sites for hydroxylation is 2. The molecule has 1 amide bonds. The molecule has 0 aliphatic heterocycles. The predicted molar refractivity (Wildman–Crippen MR) is 125 cm³/mol. The van der Waals surface area contributed by atoms with Gasteiger partial charge >= 0.3 is 5.97 Å². The smallest absolute Gasteiger partial charge is 0.339 e. The molecule has 0 fully saturated rings. The van der Waals surface area contributed by atoms with Crippen molar-refractivity contribution < 1.29 is 14.3 Å². The molecule has 0 bridgehead atoms. The number of hydrogen-bond acceptors (Lipinski definition) is 4. The second-order valence-electron chi connectivity index (χ2n) is 8.16. The number of aromatic nitrogens is 1. The summed E-state index contributed by atoms with van der Waals surface area (Å²) in [5, 5.41) is 3.69. The molecular weight excluding hydrogens is 388 g/mol. The molecule has 2 aromatic carbocycles. The summed E-state index contributed by atoms with van der Waals surface area (Å²) in [7, 11) is 0. The van der Waals surface area contributed by atoms with Crippen LogP contribution in [-0.2, 0) is 16.0 Å². The van der Waals surface area contributed by atoms with E-state index in [0.29, 0.717) is 12.0 Å². The van der Waals surface area contributed by atoms with Crippen LogP contribution in [0.4, 0.5) is 5.69 Å². The molecule has 1 aromatic heterocycles. The minimum atomic E-state index is -0.941. The third-order valence-corrected chi connectivity index (χ3v) is 5.60. The van der Waals surface area contributed by atoms with Crippen LogP contribution in [0.5, 0.6) is 0 Å². The van der Waals surface area contributed by atoms with Gasteiger partial charge in [-0.15, -0.1) is 0 Å². The maximum absolute atomic E-state index is 13.1. The van der Waals surface area contributed by atoms with Crippen LogP contribution in [0.3, 0.4) is 0 Å². The van der Waals surface area contributed by atoms with Crippen LogP contribution in [-0.4, -0.2) is 23.0 Å². The molecule has 0 unspecified atom stereocenters. The summed E-state index contributed by atoms with van der Waals surface area (Å²) in [5.41, 5.74) is 5.67. The number of amides is 1. The van der Waals surface area contributed by atoms with E-state index in [1.807, 2.05) is 63.2 Å². The normalized spacial score (nSPS) is 12.1. The van der Waals surface area contributed by atoms with Gasteiger partial charge in [0.15, 0.2) is 6.10 Å². The minimum absolute atomic E-state index is 0.256. The molecule has 162 valence electrons. The lowest BCUT2D eigenvalue weighted by Crippen LogP contribution is -2.31. The SMILES string of the molecule is CCc1nc2ccccc2c(C(=O)O[C@H](C)C(=O)Nc2c(C)cccc2C(C)C)c1C. The quantitative estimate of drug-likeness (QED) is 0.520. The first-order chi connectivity index (χ1) is 14.7. The van der Waals surface area contributed by atoms with Gasteiger partial charge in [0.25, 0.3) is 5.91 Å². The first kappa shape index (κ1) is 22.5. The summed E-state index contributed by atoms with van der Waals surface area (Å²) < 4.78 is 5.62. The van der Waals surface area contributed by atoms with Crippen LogP contribution < -0.4 is 5.32 Å². The zero-order valence-corrected chi connectivity index (χ0v) is 19.1. The molecule has 0 aliphatic carbocycles. The highest BCUT2D eigenvalue weighted by atomic mass is 16.5. The van der Waals surface area contributed by atoms with Gasteiger partial charge in [0.1, 0.15) is 0 Å². The molecule has 0 radical (unpaired) electrons. The molecule has 0 saturated carbocycles. The summed E-state index contributed by atoms with van der Waals surface area (Å²) in [5.74, 6) is -0.607. The van der Waals surface area contributed by atoms with Crippen molar-refractivity contribution in [2.75, 3.05) is 5.32 Å². The van der Waals surface area contributed by atoms with Gasteiger partial charge in [0.2, 0.25) is 0 Å². The van der Waals surface area contributed by atoms with Crippen LogP contribution in [0.2, 0.25) is 0 Å². The standard InChI is InChI=1S/C26H30N2O3/c1-7-21-17(5)23(20-12-8-9-14-22(20)27-21)26(30)31-18(6)25(29)28-24-16(4)11-10-13-19(24)15(2)3/h8-15,18H,7H2,1-6H3,(H,28,29)/t18-/m1/s1. The highest BCUT2D eigenvalue weighted by Gasteiger charge is 2.24. The number of fused-ring (bicyclic) bond motifs is 1. The second kappa shape index (κ2) is 9.29. The number of benzene rings is 2. The fourth-order valence-corrected chi connectivity index (χ4v) is 3.81. The maximum atomic E-state index is 13.1. The molecule has 5 nitrogen and oxygen atoms in total. The van der Waals surface area contributed by atoms with Gasteiger partial charge in [-0.05, 0) is 55.9 Å². The van der Waals surface area contributed by atoms with Crippen molar-refractivity contribution >= 4 is 28.5 Å². The Morgan fingerprint density at radius 1 is 1.03 bits per heavy atom. The molecule has 0 aliphatic rings. The molecule has 1 heterocycles. The Labute approximate surface area is 183 Å². The minimum Gasteiger partial charge on any atom is -0.449 e. The van der Waals surface area contributed by atoms with Crippen LogP contribution in [0, 0.1) is 13.8 Å². The largest absolute Gasteiger partial charge is 0.449 e. The van der Waals surface area contributed by atoms with Crippen molar-refractivity contribution in [3.05, 3.63) is 70.4 Å². The first-order valence-corrected chi connectivity index (χ1v) is 10.7. The number of anilines is 1. The average Bonchev–Trinajstić information content (AvgIpc) is 2.74. The van der Waals surface area contributed by atoms with Crippen molar-refractivity contribution in [2.45, 2.75) is 60.0 Å². The van der Waals surface area contributed by atoms with Crippen LogP contribution >= 0.6 is 0 Å². The van der Waals surface area contributed by atoms with Crippen molar-refractivity contribution in [3.63, 3.8) is 0 Å². The number of carbonyl (C=O) groups is 2. The van der Waals surface area contributed by atoms with Crippen molar-refractivity contribution in [3.8, 4) is 0 Å². The van der Waals surface area contributed by atoms with E-state index in [-0.39, 0.29) is 11.8 Å². The van der Waals surface area contributed by atoms with E-state index in [9.17, 15) is 9.59 Å². The predicted octanol–water partition coefficient (Wildman–Crippen LogP) is 5.72. The summed E-state index contributed by atoms with van der Waals surface area (Å²) in [6, 6.07) is 13.4. The number of nitrogens with zero attached hydrogens (tertiary/aromatic N) is 1. The summed E-state index contributed by atoms with van der Waals surface area (Å²) >= 11 is 0. The van der Waals surface area contributed by atoms with Crippen molar-refractivity contribution in [2.24, 2.45) is 0 Å².